The van der Waals surface area contributed by atoms with Crippen molar-refractivity contribution in [2.75, 3.05) is 24.5 Å². The molecular weight excluding hydrogens is 338 g/mol. The third kappa shape index (κ3) is 3.85. The van der Waals surface area contributed by atoms with Crippen LogP contribution in [0.3, 0.4) is 0 Å². The monoisotopic (exact) mass is 359 g/mol. The summed E-state index contributed by atoms with van der Waals surface area (Å²) in [5, 5.41) is 0. The molecule has 3 heterocycles. The molecule has 136 valence electrons. The van der Waals surface area contributed by atoms with Gasteiger partial charge in [-0.15, -0.1) is 0 Å². The predicted octanol–water partition coefficient (Wildman–Crippen LogP) is 2.70. The molecule has 2 aromatic heterocycles. The van der Waals surface area contributed by atoms with Gasteiger partial charge in [-0.25, -0.2) is 9.97 Å². The van der Waals surface area contributed by atoms with E-state index in [1.165, 1.54) is 0 Å². The second-order valence-corrected chi connectivity index (χ2v) is 6.67. The van der Waals surface area contributed by atoms with Crippen LogP contribution in [-0.4, -0.2) is 45.4 Å². The van der Waals surface area contributed by atoms with E-state index in [4.69, 9.17) is 0 Å². The van der Waals surface area contributed by atoms with Crippen LogP contribution in [0.4, 0.5) is 5.69 Å². The summed E-state index contributed by atoms with van der Waals surface area (Å²) >= 11 is 0. The van der Waals surface area contributed by atoms with E-state index in [-0.39, 0.29) is 5.91 Å². The van der Waals surface area contributed by atoms with Crippen molar-refractivity contribution in [1.82, 2.24) is 19.9 Å². The van der Waals surface area contributed by atoms with Crippen molar-refractivity contribution < 1.29 is 4.79 Å². The molecule has 0 radical (unpaired) electrons. The van der Waals surface area contributed by atoms with Crippen molar-refractivity contribution in [2.24, 2.45) is 0 Å². The summed E-state index contributed by atoms with van der Waals surface area (Å²) in [6.45, 7) is 4.61. The van der Waals surface area contributed by atoms with Gasteiger partial charge >= 0.3 is 0 Å². The van der Waals surface area contributed by atoms with Crippen LogP contribution in [0.5, 0.6) is 0 Å². The summed E-state index contributed by atoms with van der Waals surface area (Å²) in [4.78, 5) is 29.7. The first kappa shape index (κ1) is 17.3. The van der Waals surface area contributed by atoms with Gasteiger partial charge in [-0.05, 0) is 30.7 Å². The Balaban J connectivity index is 1.40. The predicted molar refractivity (Wildman–Crippen MR) is 104 cm³/mol. The Labute approximate surface area is 158 Å². The quantitative estimate of drug-likeness (QED) is 0.717. The van der Waals surface area contributed by atoms with Crippen LogP contribution in [0.1, 0.15) is 11.1 Å². The van der Waals surface area contributed by atoms with Gasteiger partial charge in [0, 0.05) is 49.5 Å². The van der Waals surface area contributed by atoms with Gasteiger partial charge in [0.25, 0.3) is 0 Å². The minimum absolute atomic E-state index is 0.126. The molecule has 4 rings (SSSR count). The fraction of sp³-hybridized carbons (Fsp3) is 0.238. The first-order valence-corrected chi connectivity index (χ1v) is 9.01. The van der Waals surface area contributed by atoms with Gasteiger partial charge in [-0.2, -0.15) is 0 Å². The number of hydrogen-bond acceptors (Lipinski definition) is 5. The summed E-state index contributed by atoms with van der Waals surface area (Å²) < 4.78 is 0. The molecule has 6 heteroatoms. The molecule has 0 spiro atoms. The normalized spacial score (nSPS) is 15.1. The Hall–Kier alpha value is -3.12. The summed E-state index contributed by atoms with van der Waals surface area (Å²) in [7, 11) is 0. The number of rotatable bonds is 4. The molecule has 1 aliphatic rings. The minimum Gasteiger partial charge on any atom is -0.310 e. The maximum Gasteiger partial charge on any atom is 0.241 e. The molecule has 0 unspecified atom stereocenters. The highest BCUT2D eigenvalue weighted by molar-refractivity contribution is 5.96. The van der Waals surface area contributed by atoms with Crippen molar-refractivity contribution in [3.8, 4) is 11.5 Å². The Morgan fingerprint density at radius 3 is 2.44 bits per heavy atom. The van der Waals surface area contributed by atoms with Gasteiger partial charge in [-0.3, -0.25) is 14.7 Å². The molecule has 1 fully saturated rings. The number of hydrogen-bond donors (Lipinski definition) is 0. The molecule has 0 saturated carbocycles. The lowest BCUT2D eigenvalue weighted by Gasteiger charge is -2.35. The maximum atomic E-state index is 12.6. The second-order valence-electron chi connectivity index (χ2n) is 6.67. The molecule has 1 aliphatic heterocycles. The summed E-state index contributed by atoms with van der Waals surface area (Å²) in [6, 6.07) is 13.7. The highest BCUT2D eigenvalue weighted by Crippen LogP contribution is 2.22. The number of pyridine rings is 1. The minimum atomic E-state index is 0.126. The van der Waals surface area contributed by atoms with Gasteiger partial charge in [0.15, 0.2) is 5.82 Å². The molecule has 27 heavy (non-hydrogen) atoms. The smallest absolute Gasteiger partial charge is 0.241 e. The average Bonchev–Trinajstić information content (AvgIpc) is 2.70. The van der Waals surface area contributed by atoms with E-state index in [0.717, 1.165) is 29.1 Å². The van der Waals surface area contributed by atoms with Crippen LogP contribution >= 0.6 is 0 Å². The lowest BCUT2D eigenvalue weighted by atomic mass is 10.1. The zero-order chi connectivity index (χ0) is 18.6. The molecule has 6 nitrogen and oxygen atoms in total. The Morgan fingerprint density at radius 1 is 0.963 bits per heavy atom. The van der Waals surface area contributed by atoms with Crippen molar-refractivity contribution in [2.45, 2.75) is 13.5 Å². The average molecular weight is 359 g/mol. The molecule has 3 aromatic rings. The standard InChI is InChI=1S/C21H21N5O/c1-16-6-2-3-8-19(16)26-11-10-25(15-20(26)27)14-17-12-23-21(24-13-17)18-7-4-5-9-22-18/h2-9,12-13H,10-11,14-15H2,1H3. The number of nitrogens with zero attached hydrogens (tertiary/aromatic N) is 5. The van der Waals surface area contributed by atoms with Crippen LogP contribution in [0, 0.1) is 6.92 Å². The molecular formula is C21H21N5O. The van der Waals surface area contributed by atoms with E-state index < -0.39 is 0 Å². The van der Waals surface area contributed by atoms with Crippen molar-refractivity contribution in [3.63, 3.8) is 0 Å². The van der Waals surface area contributed by atoms with E-state index >= 15 is 0 Å². The fourth-order valence-electron chi connectivity index (χ4n) is 3.30. The SMILES string of the molecule is Cc1ccccc1N1CCN(Cc2cnc(-c3ccccn3)nc2)CC1=O. The van der Waals surface area contributed by atoms with Crippen LogP contribution in [0.2, 0.25) is 0 Å². The van der Waals surface area contributed by atoms with Crippen LogP contribution in [0.15, 0.2) is 61.1 Å². The first-order valence-electron chi connectivity index (χ1n) is 9.01. The van der Waals surface area contributed by atoms with Gasteiger partial charge in [0.2, 0.25) is 5.91 Å². The molecule has 1 amide bonds. The van der Waals surface area contributed by atoms with Gasteiger partial charge in [0.05, 0.1) is 6.54 Å². The van der Waals surface area contributed by atoms with Crippen molar-refractivity contribution >= 4 is 11.6 Å². The Bertz CT molecular complexity index is 927. The first-order chi connectivity index (χ1) is 13.2. The number of benzene rings is 1. The van der Waals surface area contributed by atoms with Gasteiger partial charge in [0.1, 0.15) is 5.69 Å². The number of carbonyl (C=O) groups excluding carboxylic acids is 1. The zero-order valence-corrected chi connectivity index (χ0v) is 15.2. The van der Waals surface area contributed by atoms with E-state index in [2.05, 4.69) is 19.9 Å². The number of carbonyl (C=O) groups is 1. The third-order valence-electron chi connectivity index (χ3n) is 4.71. The summed E-state index contributed by atoms with van der Waals surface area (Å²) in [5.74, 6) is 0.737. The number of aromatic nitrogens is 3. The molecule has 1 aromatic carbocycles. The molecule has 1 saturated heterocycles. The van der Waals surface area contributed by atoms with Gasteiger partial charge in [-0.1, -0.05) is 24.3 Å². The third-order valence-corrected chi connectivity index (χ3v) is 4.71. The van der Waals surface area contributed by atoms with E-state index in [1.807, 2.05) is 66.7 Å². The molecule has 0 atom stereocenters. The van der Waals surface area contributed by atoms with Crippen molar-refractivity contribution in [3.05, 3.63) is 72.2 Å². The number of amides is 1. The zero-order valence-electron chi connectivity index (χ0n) is 15.2. The number of piperazine rings is 1. The lowest BCUT2D eigenvalue weighted by molar-refractivity contribution is -0.121. The van der Waals surface area contributed by atoms with Gasteiger partial charge < -0.3 is 4.90 Å². The van der Waals surface area contributed by atoms with Crippen molar-refractivity contribution in [1.29, 1.82) is 0 Å². The number of aryl methyl sites for hydroxylation is 1. The second kappa shape index (κ2) is 7.63. The van der Waals surface area contributed by atoms with Crippen LogP contribution in [-0.2, 0) is 11.3 Å². The largest absolute Gasteiger partial charge is 0.310 e. The summed E-state index contributed by atoms with van der Waals surface area (Å²) in [6.07, 6.45) is 5.36. The fourth-order valence-corrected chi connectivity index (χ4v) is 3.30. The summed E-state index contributed by atoms with van der Waals surface area (Å²) in [5.41, 5.74) is 3.88. The topological polar surface area (TPSA) is 62.2 Å². The Kier molecular flexibility index (Phi) is 4.89. The van der Waals surface area contributed by atoms with Crippen LogP contribution in [0.25, 0.3) is 11.5 Å². The molecule has 0 N–H and O–H groups in total. The highest BCUT2D eigenvalue weighted by atomic mass is 16.2. The maximum absolute atomic E-state index is 12.6. The molecule has 0 bridgehead atoms. The van der Waals surface area contributed by atoms with E-state index in [9.17, 15) is 4.79 Å². The van der Waals surface area contributed by atoms with E-state index in [0.29, 0.717) is 25.5 Å². The number of anilines is 1. The Morgan fingerprint density at radius 2 is 1.74 bits per heavy atom. The highest BCUT2D eigenvalue weighted by Gasteiger charge is 2.25. The molecule has 0 aliphatic carbocycles. The van der Waals surface area contributed by atoms with Crippen LogP contribution < -0.4 is 4.90 Å². The number of para-hydroxylation sites is 1. The lowest BCUT2D eigenvalue weighted by Crippen LogP contribution is -2.50. The van der Waals surface area contributed by atoms with E-state index in [1.54, 1.807) is 6.20 Å².